The Balaban J connectivity index is 2.07. The van der Waals surface area contributed by atoms with Crippen molar-refractivity contribution in [3.05, 3.63) is 54.1 Å². The molecule has 0 saturated heterocycles. The van der Waals surface area contributed by atoms with Crippen LogP contribution in [-0.4, -0.2) is 53.0 Å². The third kappa shape index (κ3) is 6.06. The van der Waals surface area contributed by atoms with E-state index in [2.05, 4.69) is 10.0 Å². The van der Waals surface area contributed by atoms with Crippen LogP contribution < -0.4 is 14.8 Å². The molecule has 0 aromatic heterocycles. The summed E-state index contributed by atoms with van der Waals surface area (Å²) < 4.78 is 32.5. The monoisotopic (exact) mass is 391 g/mol. The zero-order chi connectivity index (χ0) is 19.9. The number of likely N-dealkylation sites (N-methyl/N-ethyl adjacent to an activating group) is 1. The summed E-state index contributed by atoms with van der Waals surface area (Å²) in [5.74, 6) is 0.240. The van der Waals surface area contributed by atoms with E-state index in [1.807, 2.05) is 32.0 Å². The summed E-state index contributed by atoms with van der Waals surface area (Å²) in [7, 11) is 0.133. The van der Waals surface area contributed by atoms with Crippen LogP contribution in [0.1, 0.15) is 17.3 Å². The molecular formula is C19H25N3O4S. The molecule has 0 aliphatic carbocycles. The van der Waals surface area contributed by atoms with Gasteiger partial charge in [0.05, 0.1) is 17.2 Å². The maximum atomic E-state index is 12.4. The van der Waals surface area contributed by atoms with Crippen molar-refractivity contribution in [1.29, 1.82) is 0 Å². The summed E-state index contributed by atoms with van der Waals surface area (Å²) in [6.07, 6.45) is 0. The number of carbonyl (C=O) groups is 1. The van der Waals surface area contributed by atoms with Crippen LogP contribution in [-0.2, 0) is 10.0 Å². The zero-order valence-corrected chi connectivity index (χ0v) is 16.5. The Morgan fingerprint density at radius 1 is 1.07 bits per heavy atom. The first-order valence-corrected chi connectivity index (χ1v) is 10.1. The number of ether oxygens (including phenoxy) is 1. The van der Waals surface area contributed by atoms with Gasteiger partial charge >= 0.3 is 0 Å². The van der Waals surface area contributed by atoms with Gasteiger partial charge in [0.15, 0.2) is 0 Å². The van der Waals surface area contributed by atoms with Gasteiger partial charge < -0.3 is 15.0 Å². The molecule has 0 spiro atoms. The van der Waals surface area contributed by atoms with E-state index < -0.39 is 10.0 Å². The molecule has 1 amide bonds. The summed E-state index contributed by atoms with van der Waals surface area (Å²) in [6, 6.07) is 12.9. The Morgan fingerprint density at radius 2 is 1.74 bits per heavy atom. The molecule has 0 fully saturated rings. The quantitative estimate of drug-likeness (QED) is 0.684. The fraction of sp³-hybridized carbons (Fsp3) is 0.316. The molecule has 2 rings (SSSR count). The van der Waals surface area contributed by atoms with Crippen molar-refractivity contribution in [3.63, 3.8) is 0 Å². The standard InChI is InChI=1S/C19H25N3O4S/c1-4-26-18-8-6-5-7-17(18)21-19(23)15-9-11-16(12-10-15)27(24,25)20-13-14-22(2)3/h5-12,20H,4,13-14H2,1-3H3,(H,21,23). The number of amides is 1. The first kappa shape index (κ1) is 20.9. The lowest BCUT2D eigenvalue weighted by molar-refractivity contribution is 0.102. The third-order valence-corrected chi connectivity index (χ3v) is 5.19. The number of sulfonamides is 1. The largest absolute Gasteiger partial charge is 0.492 e. The second-order valence-corrected chi connectivity index (χ2v) is 7.88. The summed E-state index contributed by atoms with van der Waals surface area (Å²) in [4.78, 5) is 14.4. The van der Waals surface area contributed by atoms with Gasteiger partial charge in [0.25, 0.3) is 5.91 Å². The smallest absolute Gasteiger partial charge is 0.255 e. The van der Waals surface area contributed by atoms with Crippen LogP contribution in [0.25, 0.3) is 0 Å². The predicted molar refractivity (Wildman–Crippen MR) is 106 cm³/mol. The number of rotatable bonds is 9. The Bertz CT molecular complexity index is 865. The lowest BCUT2D eigenvalue weighted by Gasteiger charge is -2.12. The first-order valence-electron chi connectivity index (χ1n) is 8.61. The topological polar surface area (TPSA) is 87.7 Å². The maximum Gasteiger partial charge on any atom is 0.255 e. The molecular weight excluding hydrogens is 366 g/mol. The molecule has 0 atom stereocenters. The Kier molecular flexibility index (Phi) is 7.35. The van der Waals surface area contributed by atoms with Crippen molar-refractivity contribution in [2.45, 2.75) is 11.8 Å². The molecule has 0 aliphatic rings. The number of benzene rings is 2. The van der Waals surface area contributed by atoms with Gasteiger partial charge in [-0.15, -0.1) is 0 Å². The summed E-state index contributed by atoms with van der Waals surface area (Å²) in [5.41, 5.74) is 0.917. The lowest BCUT2D eigenvalue weighted by atomic mass is 10.2. The molecule has 2 N–H and O–H groups in total. The molecule has 8 heteroatoms. The first-order chi connectivity index (χ1) is 12.8. The molecule has 0 unspecified atom stereocenters. The van der Waals surface area contributed by atoms with E-state index in [4.69, 9.17) is 4.74 Å². The van der Waals surface area contributed by atoms with Crippen LogP contribution in [0.4, 0.5) is 5.69 Å². The molecule has 146 valence electrons. The molecule has 0 heterocycles. The molecule has 27 heavy (non-hydrogen) atoms. The maximum absolute atomic E-state index is 12.4. The van der Waals surface area contributed by atoms with E-state index in [0.29, 0.717) is 36.7 Å². The normalized spacial score (nSPS) is 11.4. The van der Waals surface area contributed by atoms with E-state index >= 15 is 0 Å². The Labute approximate surface area is 160 Å². The van der Waals surface area contributed by atoms with Crippen LogP contribution in [0, 0.1) is 0 Å². The van der Waals surface area contributed by atoms with Gasteiger partial charge in [-0.3, -0.25) is 4.79 Å². The molecule has 2 aromatic carbocycles. The molecule has 0 bridgehead atoms. The highest BCUT2D eigenvalue weighted by atomic mass is 32.2. The average Bonchev–Trinajstić information content (AvgIpc) is 2.63. The zero-order valence-electron chi connectivity index (χ0n) is 15.7. The van der Waals surface area contributed by atoms with Gasteiger partial charge in [0.1, 0.15) is 5.75 Å². The van der Waals surface area contributed by atoms with Gasteiger partial charge in [-0.2, -0.15) is 0 Å². The number of carbonyl (C=O) groups excluding carboxylic acids is 1. The number of hydrogen-bond acceptors (Lipinski definition) is 5. The highest BCUT2D eigenvalue weighted by Crippen LogP contribution is 2.24. The molecule has 0 aliphatic heterocycles. The van der Waals surface area contributed by atoms with E-state index in [1.54, 1.807) is 18.2 Å². The van der Waals surface area contributed by atoms with E-state index in [9.17, 15) is 13.2 Å². The fourth-order valence-electron chi connectivity index (χ4n) is 2.32. The average molecular weight is 391 g/mol. The minimum absolute atomic E-state index is 0.118. The second kappa shape index (κ2) is 9.50. The molecule has 0 saturated carbocycles. The van der Waals surface area contributed by atoms with Gasteiger partial charge in [-0.05, 0) is 57.4 Å². The Hall–Kier alpha value is -2.42. The van der Waals surface area contributed by atoms with Crippen molar-refractivity contribution < 1.29 is 17.9 Å². The third-order valence-electron chi connectivity index (χ3n) is 3.71. The van der Waals surface area contributed by atoms with Crippen LogP contribution in [0.15, 0.2) is 53.4 Å². The highest BCUT2D eigenvalue weighted by molar-refractivity contribution is 7.89. The summed E-state index contributed by atoms with van der Waals surface area (Å²) in [5, 5.41) is 2.78. The molecule has 7 nitrogen and oxygen atoms in total. The number of nitrogens with zero attached hydrogens (tertiary/aromatic N) is 1. The number of anilines is 1. The molecule has 2 aromatic rings. The van der Waals surface area contributed by atoms with Gasteiger partial charge in [0.2, 0.25) is 10.0 Å². The van der Waals surface area contributed by atoms with Crippen molar-refractivity contribution in [3.8, 4) is 5.75 Å². The van der Waals surface area contributed by atoms with Gasteiger partial charge in [0, 0.05) is 18.7 Å². The summed E-state index contributed by atoms with van der Waals surface area (Å²) in [6.45, 7) is 3.26. The van der Waals surface area contributed by atoms with Crippen LogP contribution in [0.3, 0.4) is 0 Å². The fourth-order valence-corrected chi connectivity index (χ4v) is 3.34. The van der Waals surface area contributed by atoms with Gasteiger partial charge in [-0.1, -0.05) is 12.1 Å². The number of hydrogen-bond donors (Lipinski definition) is 2. The van der Waals surface area contributed by atoms with E-state index in [0.717, 1.165) is 0 Å². The Morgan fingerprint density at radius 3 is 2.37 bits per heavy atom. The minimum Gasteiger partial charge on any atom is -0.492 e. The van der Waals surface area contributed by atoms with Crippen molar-refractivity contribution >= 4 is 21.6 Å². The van der Waals surface area contributed by atoms with E-state index in [-0.39, 0.29) is 10.8 Å². The van der Waals surface area contributed by atoms with Crippen molar-refractivity contribution in [1.82, 2.24) is 9.62 Å². The molecule has 0 radical (unpaired) electrons. The number of para-hydroxylation sites is 2. The second-order valence-electron chi connectivity index (χ2n) is 6.11. The van der Waals surface area contributed by atoms with Crippen LogP contribution >= 0.6 is 0 Å². The SMILES string of the molecule is CCOc1ccccc1NC(=O)c1ccc(S(=O)(=O)NCCN(C)C)cc1. The predicted octanol–water partition coefficient (Wildman–Crippen LogP) is 2.18. The van der Waals surface area contributed by atoms with Crippen LogP contribution in [0.2, 0.25) is 0 Å². The van der Waals surface area contributed by atoms with Crippen molar-refractivity contribution in [2.24, 2.45) is 0 Å². The minimum atomic E-state index is -3.60. The van der Waals surface area contributed by atoms with Crippen LogP contribution in [0.5, 0.6) is 5.75 Å². The lowest BCUT2D eigenvalue weighted by Crippen LogP contribution is -2.31. The highest BCUT2D eigenvalue weighted by Gasteiger charge is 2.15. The number of nitrogens with one attached hydrogen (secondary N) is 2. The van der Waals surface area contributed by atoms with E-state index in [1.165, 1.54) is 24.3 Å². The van der Waals surface area contributed by atoms with Crippen molar-refractivity contribution in [2.75, 3.05) is 39.1 Å². The van der Waals surface area contributed by atoms with Gasteiger partial charge in [-0.25, -0.2) is 13.1 Å². The summed E-state index contributed by atoms with van der Waals surface area (Å²) >= 11 is 0.